The highest BCUT2D eigenvalue weighted by molar-refractivity contribution is 8.00. The van der Waals surface area contributed by atoms with Crippen molar-refractivity contribution in [1.29, 1.82) is 0 Å². The van der Waals surface area contributed by atoms with Gasteiger partial charge in [0, 0.05) is 5.41 Å². The van der Waals surface area contributed by atoms with Crippen molar-refractivity contribution in [3.05, 3.63) is 29.3 Å². The molecule has 1 aliphatic heterocycles. The van der Waals surface area contributed by atoms with E-state index >= 15 is 0 Å². The number of benzene rings is 1. The number of Topliss-reactive ketones (excluding diaryl/α,β-unsaturated/α-hetero) is 1. The molecule has 0 amide bonds. The summed E-state index contributed by atoms with van der Waals surface area (Å²) < 4.78 is 5.38. The molecule has 1 saturated heterocycles. The molecule has 22 heavy (non-hydrogen) atoms. The Hall–Kier alpha value is -0.960. The van der Waals surface area contributed by atoms with Gasteiger partial charge in [-0.2, -0.15) is 11.8 Å². The summed E-state index contributed by atoms with van der Waals surface area (Å²) in [7, 11) is 1.74. The highest BCUT2D eigenvalue weighted by Crippen LogP contribution is 2.57. The van der Waals surface area contributed by atoms with Crippen LogP contribution in [0.1, 0.15) is 43.2 Å². The van der Waals surface area contributed by atoms with Crippen molar-refractivity contribution in [3.8, 4) is 5.75 Å². The molecule has 2 fully saturated rings. The Morgan fingerprint density at radius 1 is 1.32 bits per heavy atom. The van der Waals surface area contributed by atoms with E-state index in [1.54, 1.807) is 7.11 Å². The molecule has 118 valence electrons. The van der Waals surface area contributed by atoms with Crippen LogP contribution in [0.2, 0.25) is 0 Å². The maximum absolute atomic E-state index is 12.5. The predicted octanol–water partition coefficient (Wildman–Crippen LogP) is 4.07. The Morgan fingerprint density at radius 3 is 3.00 bits per heavy atom. The summed E-state index contributed by atoms with van der Waals surface area (Å²) in [5.41, 5.74) is 2.96. The second-order valence-electron chi connectivity index (χ2n) is 7.37. The van der Waals surface area contributed by atoms with Crippen LogP contribution in [-0.4, -0.2) is 24.4 Å². The van der Waals surface area contributed by atoms with Crippen molar-refractivity contribution in [3.63, 3.8) is 0 Å². The lowest BCUT2D eigenvalue weighted by Crippen LogP contribution is -2.51. The van der Waals surface area contributed by atoms with Gasteiger partial charge in [-0.15, -0.1) is 0 Å². The zero-order valence-corrected chi connectivity index (χ0v) is 14.2. The van der Waals surface area contributed by atoms with E-state index in [2.05, 4.69) is 25.1 Å². The summed E-state index contributed by atoms with van der Waals surface area (Å²) in [5.74, 6) is 5.31. The van der Waals surface area contributed by atoms with E-state index in [0.717, 1.165) is 24.3 Å². The van der Waals surface area contributed by atoms with Gasteiger partial charge in [0.15, 0.2) is 0 Å². The molecule has 2 aliphatic carbocycles. The van der Waals surface area contributed by atoms with Crippen molar-refractivity contribution in [2.75, 3.05) is 18.6 Å². The molecule has 4 atom stereocenters. The lowest BCUT2D eigenvalue weighted by atomic mass is 9.54. The number of aryl methyl sites for hydroxylation is 1. The molecular formula is C19H24O2S. The SMILES string of the molecule is COc1ccc2c(c1)CC[C@@H]1[C@@H]2CC[C@]2(C)C(=O)CSC[C@H]12. The summed E-state index contributed by atoms with van der Waals surface area (Å²) in [6.07, 6.45) is 4.62. The fourth-order valence-corrected chi connectivity index (χ4v) is 6.60. The second kappa shape index (κ2) is 5.30. The molecule has 0 spiro atoms. The quantitative estimate of drug-likeness (QED) is 0.781. The number of rotatable bonds is 1. The zero-order valence-electron chi connectivity index (χ0n) is 13.4. The van der Waals surface area contributed by atoms with Gasteiger partial charge in [-0.3, -0.25) is 4.79 Å². The summed E-state index contributed by atoms with van der Waals surface area (Å²) in [4.78, 5) is 12.5. The van der Waals surface area contributed by atoms with E-state index in [1.807, 2.05) is 11.8 Å². The molecular weight excluding hydrogens is 292 g/mol. The first-order valence-electron chi connectivity index (χ1n) is 8.41. The lowest BCUT2D eigenvalue weighted by molar-refractivity contribution is -0.132. The number of carbonyl (C=O) groups excluding carboxylic acids is 1. The van der Waals surface area contributed by atoms with Gasteiger partial charge in [-0.25, -0.2) is 0 Å². The maximum atomic E-state index is 12.5. The summed E-state index contributed by atoms with van der Waals surface area (Å²) in [5, 5.41) is 0. The Morgan fingerprint density at radius 2 is 2.18 bits per heavy atom. The first kappa shape index (κ1) is 14.6. The standard InChI is InChI=1S/C19H24O2S/c1-19-8-7-15-14-6-4-13(21-2)9-12(14)3-5-16(15)17(19)10-22-11-18(19)20/h4,6,9,15-17H,3,5,7-8,10-11H2,1-2H3/t15-,16-,17-,19+/m1/s1. The van der Waals surface area contributed by atoms with Gasteiger partial charge in [0.2, 0.25) is 0 Å². The topological polar surface area (TPSA) is 26.3 Å². The molecule has 3 heteroatoms. The number of carbonyl (C=O) groups is 1. The number of ketones is 1. The first-order chi connectivity index (χ1) is 10.6. The Balaban J connectivity index is 1.69. The number of ether oxygens (including phenoxy) is 1. The molecule has 1 saturated carbocycles. The molecule has 1 heterocycles. The number of hydrogen-bond donors (Lipinski definition) is 0. The maximum Gasteiger partial charge on any atom is 0.148 e. The highest BCUT2D eigenvalue weighted by Gasteiger charge is 2.52. The van der Waals surface area contributed by atoms with Crippen molar-refractivity contribution in [1.82, 2.24) is 0 Å². The van der Waals surface area contributed by atoms with Gasteiger partial charge in [0.1, 0.15) is 11.5 Å². The van der Waals surface area contributed by atoms with Crippen molar-refractivity contribution >= 4 is 17.5 Å². The summed E-state index contributed by atoms with van der Waals surface area (Å²) in [6, 6.07) is 6.61. The van der Waals surface area contributed by atoms with Crippen LogP contribution < -0.4 is 4.74 Å². The normalized spacial score (nSPS) is 37.0. The van der Waals surface area contributed by atoms with Crippen LogP contribution in [0.3, 0.4) is 0 Å². The van der Waals surface area contributed by atoms with Crippen molar-refractivity contribution in [2.45, 2.75) is 38.5 Å². The third-order valence-corrected chi connectivity index (χ3v) is 7.55. The second-order valence-corrected chi connectivity index (χ2v) is 8.40. The summed E-state index contributed by atoms with van der Waals surface area (Å²) >= 11 is 1.86. The van der Waals surface area contributed by atoms with Crippen molar-refractivity contribution < 1.29 is 9.53 Å². The Labute approximate surface area is 137 Å². The number of fused-ring (bicyclic) bond motifs is 5. The van der Waals surface area contributed by atoms with Gasteiger partial charge in [0.25, 0.3) is 0 Å². The molecule has 1 aromatic carbocycles. The van der Waals surface area contributed by atoms with E-state index in [4.69, 9.17) is 4.74 Å². The van der Waals surface area contributed by atoms with Gasteiger partial charge < -0.3 is 4.74 Å². The van der Waals surface area contributed by atoms with Gasteiger partial charge >= 0.3 is 0 Å². The van der Waals surface area contributed by atoms with Crippen molar-refractivity contribution in [2.24, 2.45) is 17.3 Å². The van der Waals surface area contributed by atoms with Crippen LogP contribution in [0.4, 0.5) is 0 Å². The minimum Gasteiger partial charge on any atom is -0.497 e. The van der Waals surface area contributed by atoms with Crippen LogP contribution >= 0.6 is 11.8 Å². The first-order valence-corrected chi connectivity index (χ1v) is 9.57. The number of thioether (sulfide) groups is 1. The van der Waals surface area contributed by atoms with Gasteiger partial charge in [-0.1, -0.05) is 13.0 Å². The lowest BCUT2D eigenvalue weighted by Gasteiger charge is -2.53. The third kappa shape index (κ3) is 2.05. The highest BCUT2D eigenvalue weighted by atomic mass is 32.2. The van der Waals surface area contributed by atoms with Crippen LogP contribution in [0.25, 0.3) is 0 Å². The third-order valence-electron chi connectivity index (χ3n) is 6.49. The summed E-state index contributed by atoms with van der Waals surface area (Å²) in [6.45, 7) is 2.25. The molecule has 0 bridgehead atoms. The fourth-order valence-electron chi connectivity index (χ4n) is 5.10. The van der Waals surface area contributed by atoms with Crippen LogP contribution in [0, 0.1) is 17.3 Å². The van der Waals surface area contributed by atoms with E-state index in [0.29, 0.717) is 23.5 Å². The molecule has 1 aromatic rings. The van der Waals surface area contributed by atoms with Crippen LogP contribution in [0.5, 0.6) is 5.75 Å². The molecule has 3 aliphatic rings. The molecule has 0 N–H and O–H groups in total. The number of methoxy groups -OCH3 is 1. The Bertz CT molecular complexity index is 611. The van der Waals surface area contributed by atoms with E-state index in [1.165, 1.54) is 29.7 Å². The van der Waals surface area contributed by atoms with E-state index in [9.17, 15) is 4.79 Å². The average Bonchev–Trinajstić information content (AvgIpc) is 2.55. The minimum absolute atomic E-state index is 0.0452. The zero-order chi connectivity index (χ0) is 15.3. The molecule has 0 aromatic heterocycles. The molecule has 0 unspecified atom stereocenters. The predicted molar refractivity (Wildman–Crippen MR) is 90.7 cm³/mol. The molecule has 2 nitrogen and oxygen atoms in total. The fraction of sp³-hybridized carbons (Fsp3) is 0.632. The van der Waals surface area contributed by atoms with Crippen LogP contribution in [0.15, 0.2) is 18.2 Å². The number of hydrogen-bond acceptors (Lipinski definition) is 3. The van der Waals surface area contributed by atoms with Gasteiger partial charge in [-0.05, 0) is 72.4 Å². The molecule has 4 rings (SSSR count). The average molecular weight is 316 g/mol. The molecule has 0 radical (unpaired) electrons. The van der Waals surface area contributed by atoms with E-state index in [-0.39, 0.29) is 5.41 Å². The smallest absolute Gasteiger partial charge is 0.148 e. The van der Waals surface area contributed by atoms with Crippen LogP contribution in [-0.2, 0) is 11.2 Å². The minimum atomic E-state index is -0.0452. The van der Waals surface area contributed by atoms with E-state index < -0.39 is 0 Å². The Kier molecular flexibility index (Phi) is 3.52. The monoisotopic (exact) mass is 316 g/mol. The largest absolute Gasteiger partial charge is 0.497 e. The van der Waals surface area contributed by atoms with Gasteiger partial charge in [0.05, 0.1) is 12.9 Å².